The third-order valence-electron chi connectivity index (χ3n) is 4.31. The zero-order valence-electron chi connectivity index (χ0n) is 13.9. The van der Waals surface area contributed by atoms with Crippen molar-refractivity contribution in [3.63, 3.8) is 0 Å². The van der Waals surface area contributed by atoms with E-state index < -0.39 is 0 Å². The number of amides is 1. The summed E-state index contributed by atoms with van der Waals surface area (Å²) in [6.07, 6.45) is 2.69. The van der Waals surface area contributed by atoms with Gasteiger partial charge in [-0.15, -0.1) is 11.3 Å². The lowest BCUT2D eigenvalue weighted by Crippen LogP contribution is -2.29. The van der Waals surface area contributed by atoms with Crippen molar-refractivity contribution in [3.8, 4) is 0 Å². The smallest absolute Gasteiger partial charge is 0.274 e. The van der Waals surface area contributed by atoms with Gasteiger partial charge < -0.3 is 10.2 Å². The Morgan fingerprint density at radius 2 is 2.04 bits per heavy atom. The molecule has 2 aromatic heterocycles. The average molecular weight is 350 g/mol. The lowest BCUT2D eigenvalue weighted by Gasteiger charge is -2.29. The van der Waals surface area contributed by atoms with Crippen molar-refractivity contribution in [2.45, 2.75) is 19.9 Å². The van der Waals surface area contributed by atoms with Crippen LogP contribution in [-0.2, 0) is 13.0 Å². The van der Waals surface area contributed by atoms with Gasteiger partial charge in [-0.2, -0.15) is 0 Å². The van der Waals surface area contributed by atoms with E-state index in [2.05, 4.69) is 43.8 Å². The number of nitrogens with one attached hydrogen (secondary N) is 1. The zero-order chi connectivity index (χ0) is 17.2. The summed E-state index contributed by atoms with van der Waals surface area (Å²) in [7, 11) is 0. The van der Waals surface area contributed by atoms with E-state index in [9.17, 15) is 4.79 Å². The first-order valence-corrected chi connectivity index (χ1v) is 9.08. The fraction of sp³-hybridized carbons (Fsp3) is 0.211. The second-order valence-corrected chi connectivity index (χ2v) is 7.03. The maximum atomic E-state index is 12.2. The molecule has 0 radical (unpaired) electrons. The van der Waals surface area contributed by atoms with Crippen LogP contribution in [-0.4, -0.2) is 22.4 Å². The van der Waals surface area contributed by atoms with Crippen molar-refractivity contribution in [1.82, 2.24) is 9.97 Å². The fourth-order valence-electron chi connectivity index (χ4n) is 3.00. The van der Waals surface area contributed by atoms with Gasteiger partial charge in [-0.1, -0.05) is 0 Å². The Balaban J connectivity index is 1.45. The van der Waals surface area contributed by atoms with Crippen LogP contribution in [0, 0.1) is 6.92 Å². The van der Waals surface area contributed by atoms with Crippen molar-refractivity contribution in [3.05, 3.63) is 69.9 Å². The second kappa shape index (κ2) is 6.64. The first-order valence-electron chi connectivity index (χ1n) is 8.20. The number of hydrogen-bond donors (Lipinski definition) is 1. The molecule has 0 saturated carbocycles. The highest BCUT2D eigenvalue weighted by atomic mass is 32.1. The minimum Gasteiger partial charge on any atom is -0.367 e. The molecule has 3 aromatic rings. The SMILES string of the molecule is Cc1nccc(C(=O)Nc2ccc(N3CCc4sccc4C3)cc2)n1. The summed E-state index contributed by atoms with van der Waals surface area (Å²) in [5, 5.41) is 5.05. The van der Waals surface area contributed by atoms with Gasteiger partial charge in [0.2, 0.25) is 0 Å². The van der Waals surface area contributed by atoms with E-state index in [1.807, 2.05) is 23.5 Å². The van der Waals surface area contributed by atoms with Crippen LogP contribution in [0.2, 0.25) is 0 Å². The van der Waals surface area contributed by atoms with Crippen molar-refractivity contribution in [2.75, 3.05) is 16.8 Å². The number of carbonyl (C=O) groups excluding carboxylic acids is 1. The third-order valence-corrected chi connectivity index (χ3v) is 5.33. The molecule has 1 N–H and O–H groups in total. The summed E-state index contributed by atoms with van der Waals surface area (Å²) < 4.78 is 0. The molecule has 1 aliphatic heterocycles. The fourth-order valence-corrected chi connectivity index (χ4v) is 3.89. The van der Waals surface area contributed by atoms with Crippen LogP contribution in [0.1, 0.15) is 26.8 Å². The predicted molar refractivity (Wildman–Crippen MR) is 100 cm³/mol. The summed E-state index contributed by atoms with van der Waals surface area (Å²) >= 11 is 1.85. The van der Waals surface area contributed by atoms with Crippen LogP contribution in [0.5, 0.6) is 0 Å². The summed E-state index contributed by atoms with van der Waals surface area (Å²) in [6, 6.07) is 11.8. The lowest BCUT2D eigenvalue weighted by molar-refractivity contribution is 0.102. The normalized spacial score (nSPS) is 13.4. The molecule has 0 fully saturated rings. The van der Waals surface area contributed by atoms with E-state index in [1.165, 1.54) is 16.1 Å². The van der Waals surface area contributed by atoms with Gasteiger partial charge in [0.1, 0.15) is 11.5 Å². The van der Waals surface area contributed by atoms with E-state index >= 15 is 0 Å². The molecule has 0 aliphatic carbocycles. The Morgan fingerprint density at radius 3 is 2.84 bits per heavy atom. The molecule has 3 heterocycles. The molecule has 0 atom stereocenters. The van der Waals surface area contributed by atoms with Gasteiger partial charge in [0, 0.05) is 35.5 Å². The lowest BCUT2D eigenvalue weighted by atomic mass is 10.1. The zero-order valence-corrected chi connectivity index (χ0v) is 14.7. The number of carbonyl (C=O) groups is 1. The predicted octanol–water partition coefficient (Wildman–Crippen LogP) is 3.66. The molecule has 25 heavy (non-hydrogen) atoms. The van der Waals surface area contributed by atoms with Crippen molar-refractivity contribution in [1.29, 1.82) is 0 Å². The number of hydrogen-bond acceptors (Lipinski definition) is 5. The molecule has 4 rings (SSSR count). The van der Waals surface area contributed by atoms with Crippen LogP contribution in [0.25, 0.3) is 0 Å². The average Bonchev–Trinajstić information content (AvgIpc) is 3.10. The number of benzene rings is 1. The van der Waals surface area contributed by atoms with Crippen LogP contribution in [0.3, 0.4) is 0 Å². The standard InChI is InChI=1S/C19H18N4OS/c1-13-20-9-6-17(21-13)19(24)22-15-2-4-16(5-3-15)23-10-7-18-14(12-23)8-11-25-18/h2-6,8-9,11H,7,10,12H2,1H3,(H,22,24). The highest BCUT2D eigenvalue weighted by molar-refractivity contribution is 7.10. The maximum Gasteiger partial charge on any atom is 0.274 e. The van der Waals surface area contributed by atoms with E-state index in [0.29, 0.717) is 11.5 Å². The Labute approximate surface area is 150 Å². The molecule has 1 amide bonds. The first kappa shape index (κ1) is 15.8. The van der Waals surface area contributed by atoms with Crippen molar-refractivity contribution < 1.29 is 4.79 Å². The number of fused-ring (bicyclic) bond motifs is 1. The molecule has 5 nitrogen and oxygen atoms in total. The van der Waals surface area contributed by atoms with Crippen molar-refractivity contribution in [2.24, 2.45) is 0 Å². The number of thiophene rings is 1. The van der Waals surface area contributed by atoms with E-state index in [4.69, 9.17) is 0 Å². The molecule has 1 aliphatic rings. The summed E-state index contributed by atoms with van der Waals surface area (Å²) in [6.45, 7) is 3.74. The summed E-state index contributed by atoms with van der Waals surface area (Å²) in [5.74, 6) is 0.361. The minimum atomic E-state index is -0.223. The van der Waals surface area contributed by atoms with Gasteiger partial charge in [-0.25, -0.2) is 9.97 Å². The monoisotopic (exact) mass is 350 g/mol. The van der Waals surface area contributed by atoms with E-state index in [1.54, 1.807) is 19.2 Å². The van der Waals surface area contributed by atoms with E-state index in [-0.39, 0.29) is 5.91 Å². The van der Waals surface area contributed by atoms with Gasteiger partial charge >= 0.3 is 0 Å². The van der Waals surface area contributed by atoms with Gasteiger partial charge in [0.05, 0.1) is 0 Å². The van der Waals surface area contributed by atoms with Crippen LogP contribution in [0.15, 0.2) is 48.0 Å². The molecule has 126 valence electrons. The second-order valence-electron chi connectivity index (χ2n) is 6.03. The molecule has 0 spiro atoms. The molecule has 0 saturated heterocycles. The van der Waals surface area contributed by atoms with Crippen LogP contribution >= 0.6 is 11.3 Å². The van der Waals surface area contributed by atoms with Crippen LogP contribution < -0.4 is 10.2 Å². The van der Waals surface area contributed by atoms with Gasteiger partial charge in [0.15, 0.2) is 0 Å². The number of aromatic nitrogens is 2. The maximum absolute atomic E-state index is 12.2. The Bertz CT molecular complexity index is 904. The largest absolute Gasteiger partial charge is 0.367 e. The summed E-state index contributed by atoms with van der Waals surface area (Å²) in [4.78, 5) is 24.3. The molecular formula is C19H18N4OS. The summed E-state index contributed by atoms with van der Waals surface area (Å²) in [5.41, 5.74) is 3.73. The van der Waals surface area contributed by atoms with Gasteiger partial charge in [-0.3, -0.25) is 4.79 Å². The first-order chi connectivity index (χ1) is 12.2. The minimum absolute atomic E-state index is 0.223. The van der Waals surface area contributed by atoms with Gasteiger partial charge in [-0.05, 0) is 60.7 Å². The number of anilines is 2. The third kappa shape index (κ3) is 3.39. The van der Waals surface area contributed by atoms with Gasteiger partial charge in [0.25, 0.3) is 5.91 Å². The van der Waals surface area contributed by atoms with Crippen molar-refractivity contribution >= 4 is 28.6 Å². The molecular weight excluding hydrogens is 332 g/mol. The topological polar surface area (TPSA) is 58.1 Å². The quantitative estimate of drug-likeness (QED) is 0.783. The van der Waals surface area contributed by atoms with E-state index in [0.717, 1.165) is 25.2 Å². The Hall–Kier alpha value is -2.73. The van der Waals surface area contributed by atoms with Crippen LogP contribution in [0.4, 0.5) is 11.4 Å². The number of rotatable bonds is 3. The molecule has 1 aromatic carbocycles. The highest BCUT2D eigenvalue weighted by Crippen LogP contribution is 2.28. The number of nitrogens with zero attached hydrogens (tertiary/aromatic N) is 3. The molecule has 6 heteroatoms. The Kier molecular flexibility index (Phi) is 4.19. The number of aryl methyl sites for hydroxylation is 1. The molecule has 0 bridgehead atoms. The Morgan fingerprint density at radius 1 is 1.20 bits per heavy atom. The highest BCUT2D eigenvalue weighted by Gasteiger charge is 2.17. The molecule has 0 unspecified atom stereocenters.